The van der Waals surface area contributed by atoms with Crippen molar-refractivity contribution >= 4 is 23.2 Å². The van der Waals surface area contributed by atoms with Crippen molar-refractivity contribution in [2.45, 2.75) is 38.3 Å². The molecule has 2 heterocycles. The molecule has 1 aromatic heterocycles. The molecule has 6 nitrogen and oxygen atoms in total. The highest BCUT2D eigenvalue weighted by Gasteiger charge is 2.38. The van der Waals surface area contributed by atoms with E-state index < -0.39 is 0 Å². The smallest absolute Gasteiger partial charge is 0.254 e. The molecule has 1 atom stereocenters. The molecule has 2 aromatic carbocycles. The molecule has 35 heavy (non-hydrogen) atoms. The molecule has 0 saturated heterocycles. The minimum atomic E-state index is -0.195. The van der Waals surface area contributed by atoms with Crippen molar-refractivity contribution in [1.82, 2.24) is 9.80 Å². The number of carbonyl (C=O) groups is 2. The Hall–Kier alpha value is -3.32. The summed E-state index contributed by atoms with van der Waals surface area (Å²) in [5, 5.41) is 2.08. The molecule has 1 saturated carbocycles. The Labute approximate surface area is 210 Å². The first kappa shape index (κ1) is 23.4. The molecular formula is C28H30N2O4S. The minimum Gasteiger partial charge on any atom is -0.497 e. The summed E-state index contributed by atoms with van der Waals surface area (Å²) in [4.78, 5) is 31.9. The standard InChI is InChI=1S/C28H30N2O4S/c1-19-6-8-20(9-7-19)28(32)30(21-10-11-21)17-27(31)29-14-12-26-24(13-15-35-26)25(29)18-34-23-5-3-4-22(16-23)33-2/h3-9,13,15-16,21,25H,10-12,14,17-18H2,1-2H3. The second-order valence-corrected chi connectivity index (χ2v) is 10.2. The number of thiophene rings is 1. The van der Waals surface area contributed by atoms with Crippen LogP contribution in [0, 0.1) is 6.92 Å². The Morgan fingerprint density at radius 3 is 2.60 bits per heavy atom. The van der Waals surface area contributed by atoms with Gasteiger partial charge in [-0.2, -0.15) is 0 Å². The molecule has 0 radical (unpaired) electrons. The van der Waals surface area contributed by atoms with Crippen LogP contribution in [-0.4, -0.2) is 54.5 Å². The fourth-order valence-electron chi connectivity index (χ4n) is 4.59. The Morgan fingerprint density at radius 2 is 1.86 bits per heavy atom. The van der Waals surface area contributed by atoms with E-state index in [4.69, 9.17) is 9.47 Å². The maximum absolute atomic E-state index is 13.6. The van der Waals surface area contributed by atoms with Crippen LogP contribution in [0.3, 0.4) is 0 Å². The van der Waals surface area contributed by atoms with Gasteiger partial charge in [0.25, 0.3) is 5.91 Å². The lowest BCUT2D eigenvalue weighted by molar-refractivity contribution is -0.135. The van der Waals surface area contributed by atoms with Crippen molar-refractivity contribution in [3.8, 4) is 11.5 Å². The molecule has 0 N–H and O–H groups in total. The average Bonchev–Trinajstić information content (AvgIpc) is 3.61. The van der Waals surface area contributed by atoms with Crippen LogP contribution in [0.1, 0.15) is 45.2 Å². The van der Waals surface area contributed by atoms with Gasteiger partial charge < -0.3 is 19.3 Å². The summed E-state index contributed by atoms with van der Waals surface area (Å²) in [7, 11) is 1.63. The number of rotatable bonds is 8. The number of nitrogens with zero attached hydrogens (tertiary/aromatic N) is 2. The van der Waals surface area contributed by atoms with Crippen LogP contribution in [0.5, 0.6) is 11.5 Å². The zero-order chi connectivity index (χ0) is 24.4. The maximum atomic E-state index is 13.6. The summed E-state index contributed by atoms with van der Waals surface area (Å²) in [5.41, 5.74) is 2.88. The second-order valence-electron chi connectivity index (χ2n) is 9.17. The predicted octanol–water partition coefficient (Wildman–Crippen LogP) is 4.87. The van der Waals surface area contributed by atoms with Crippen molar-refractivity contribution < 1.29 is 19.1 Å². The Kier molecular flexibility index (Phi) is 6.77. The number of methoxy groups -OCH3 is 1. The zero-order valence-corrected chi connectivity index (χ0v) is 20.9. The molecular weight excluding hydrogens is 460 g/mol. The predicted molar refractivity (Wildman–Crippen MR) is 136 cm³/mol. The SMILES string of the molecule is COc1cccc(OCC2c3ccsc3CCN2C(=O)CN(C(=O)c2ccc(C)cc2)C2CC2)c1. The molecule has 182 valence electrons. The van der Waals surface area contributed by atoms with Crippen molar-refractivity contribution in [3.05, 3.63) is 81.5 Å². The third-order valence-corrected chi connectivity index (χ3v) is 7.71. The number of aryl methyl sites for hydroxylation is 1. The number of fused-ring (bicyclic) bond motifs is 1. The molecule has 0 spiro atoms. The highest BCUT2D eigenvalue weighted by atomic mass is 32.1. The first-order valence-corrected chi connectivity index (χ1v) is 12.9. The van der Waals surface area contributed by atoms with Crippen LogP contribution in [0.25, 0.3) is 0 Å². The molecule has 0 bridgehead atoms. The lowest BCUT2D eigenvalue weighted by Crippen LogP contribution is -2.48. The number of hydrogen-bond donors (Lipinski definition) is 0. The van der Waals surface area contributed by atoms with Gasteiger partial charge in [0.1, 0.15) is 24.7 Å². The van der Waals surface area contributed by atoms with E-state index >= 15 is 0 Å². The first-order valence-electron chi connectivity index (χ1n) is 12.0. The Morgan fingerprint density at radius 1 is 1.09 bits per heavy atom. The van der Waals surface area contributed by atoms with Crippen LogP contribution in [0.15, 0.2) is 60.0 Å². The van der Waals surface area contributed by atoms with Crippen LogP contribution in [-0.2, 0) is 11.2 Å². The summed E-state index contributed by atoms with van der Waals surface area (Å²) >= 11 is 1.72. The van der Waals surface area contributed by atoms with Gasteiger partial charge >= 0.3 is 0 Å². The van der Waals surface area contributed by atoms with Gasteiger partial charge in [-0.05, 0) is 67.5 Å². The number of ether oxygens (including phenoxy) is 2. The molecule has 1 aliphatic heterocycles. The van der Waals surface area contributed by atoms with Crippen molar-refractivity contribution in [3.63, 3.8) is 0 Å². The van der Waals surface area contributed by atoms with E-state index in [0.29, 0.717) is 24.5 Å². The van der Waals surface area contributed by atoms with E-state index in [1.54, 1.807) is 23.3 Å². The van der Waals surface area contributed by atoms with Crippen LogP contribution in [0.2, 0.25) is 0 Å². The fourth-order valence-corrected chi connectivity index (χ4v) is 5.52. The second kappa shape index (κ2) is 10.1. The quantitative estimate of drug-likeness (QED) is 0.452. The summed E-state index contributed by atoms with van der Waals surface area (Å²) < 4.78 is 11.4. The van der Waals surface area contributed by atoms with E-state index in [1.807, 2.05) is 60.4 Å². The summed E-state index contributed by atoms with van der Waals surface area (Å²) in [6.07, 6.45) is 2.72. The summed E-state index contributed by atoms with van der Waals surface area (Å²) in [6, 6.07) is 17.1. The fraction of sp³-hybridized carbons (Fsp3) is 0.357. The highest BCUT2D eigenvalue weighted by molar-refractivity contribution is 7.10. The normalized spacial score (nSPS) is 17.0. The first-order chi connectivity index (χ1) is 17.0. The van der Waals surface area contributed by atoms with Gasteiger partial charge in [0.15, 0.2) is 0 Å². The number of benzene rings is 2. The van der Waals surface area contributed by atoms with Crippen LogP contribution < -0.4 is 9.47 Å². The van der Waals surface area contributed by atoms with Crippen molar-refractivity contribution in [1.29, 1.82) is 0 Å². The monoisotopic (exact) mass is 490 g/mol. The van der Waals surface area contributed by atoms with Gasteiger partial charge in [-0.1, -0.05) is 23.8 Å². The van der Waals surface area contributed by atoms with E-state index in [-0.39, 0.29) is 30.4 Å². The van der Waals surface area contributed by atoms with Gasteiger partial charge in [-0.25, -0.2) is 0 Å². The van der Waals surface area contributed by atoms with Crippen LogP contribution in [0.4, 0.5) is 0 Å². The summed E-state index contributed by atoms with van der Waals surface area (Å²) in [5.74, 6) is 1.32. The van der Waals surface area contributed by atoms with E-state index in [9.17, 15) is 9.59 Å². The van der Waals surface area contributed by atoms with Gasteiger partial charge in [-0.3, -0.25) is 9.59 Å². The van der Waals surface area contributed by atoms with Crippen molar-refractivity contribution in [2.75, 3.05) is 26.8 Å². The molecule has 3 aromatic rings. The van der Waals surface area contributed by atoms with Gasteiger partial charge in [0.2, 0.25) is 5.91 Å². The molecule has 5 rings (SSSR count). The molecule has 2 aliphatic rings. The van der Waals surface area contributed by atoms with E-state index in [1.165, 1.54) is 4.88 Å². The average molecular weight is 491 g/mol. The van der Waals surface area contributed by atoms with Crippen LogP contribution >= 0.6 is 11.3 Å². The Balaban J connectivity index is 1.33. The lowest BCUT2D eigenvalue weighted by atomic mass is 10.0. The molecule has 2 amide bonds. The largest absolute Gasteiger partial charge is 0.497 e. The van der Waals surface area contributed by atoms with Gasteiger partial charge in [0.05, 0.1) is 13.2 Å². The highest BCUT2D eigenvalue weighted by Crippen LogP contribution is 2.35. The van der Waals surface area contributed by atoms with Gasteiger partial charge in [-0.15, -0.1) is 11.3 Å². The zero-order valence-electron chi connectivity index (χ0n) is 20.1. The third kappa shape index (κ3) is 5.20. The number of hydrogen-bond acceptors (Lipinski definition) is 5. The van der Waals surface area contributed by atoms with Gasteiger partial charge in [0, 0.05) is 29.1 Å². The minimum absolute atomic E-state index is 0.0338. The maximum Gasteiger partial charge on any atom is 0.254 e. The van der Waals surface area contributed by atoms with E-state index in [2.05, 4.69) is 11.4 Å². The third-order valence-electron chi connectivity index (χ3n) is 6.72. The molecule has 1 aliphatic carbocycles. The number of amides is 2. The molecule has 1 unspecified atom stereocenters. The van der Waals surface area contributed by atoms with Crippen molar-refractivity contribution in [2.24, 2.45) is 0 Å². The summed E-state index contributed by atoms with van der Waals surface area (Å²) in [6.45, 7) is 3.05. The topological polar surface area (TPSA) is 59.1 Å². The van der Waals surface area contributed by atoms with E-state index in [0.717, 1.165) is 36.1 Å². The molecule has 7 heteroatoms. The lowest BCUT2D eigenvalue weighted by Gasteiger charge is -2.37. The molecule has 1 fully saturated rings. The number of carbonyl (C=O) groups excluding carboxylic acids is 2. The Bertz CT molecular complexity index is 1200.